The Kier molecular flexibility index (Phi) is 3.85. The van der Waals surface area contributed by atoms with E-state index in [-0.39, 0.29) is 5.56 Å². The average Bonchev–Trinajstić information content (AvgIpc) is 3.08. The zero-order chi connectivity index (χ0) is 18.1. The molecule has 6 heteroatoms. The number of aromatic amines is 1. The Labute approximate surface area is 149 Å². The van der Waals surface area contributed by atoms with Crippen molar-refractivity contribution in [3.8, 4) is 11.3 Å². The first-order valence-electron chi connectivity index (χ1n) is 8.15. The van der Waals surface area contributed by atoms with Crippen molar-refractivity contribution >= 4 is 17.2 Å². The standard InChI is InChI=1S/C20H16N4O2/c1-13-4-3-11-24-12-17(23-18(13)24)14-6-8-15(9-7-14)22-20(26)16-5-2-10-21-19(16)25/h2-12H,1H3,(H,21,25)(H,22,26). The highest BCUT2D eigenvalue weighted by Gasteiger charge is 2.10. The molecule has 0 spiro atoms. The van der Waals surface area contributed by atoms with E-state index < -0.39 is 11.5 Å². The maximum atomic E-state index is 12.2. The molecule has 6 nitrogen and oxygen atoms in total. The molecule has 0 aliphatic carbocycles. The van der Waals surface area contributed by atoms with Crippen LogP contribution in [0.5, 0.6) is 0 Å². The molecular formula is C20H16N4O2. The Balaban J connectivity index is 1.58. The van der Waals surface area contributed by atoms with Crippen LogP contribution in [0.1, 0.15) is 15.9 Å². The van der Waals surface area contributed by atoms with Crippen molar-refractivity contribution in [3.05, 3.63) is 88.6 Å². The van der Waals surface area contributed by atoms with Gasteiger partial charge in [-0.25, -0.2) is 4.98 Å². The molecule has 0 aliphatic rings. The van der Waals surface area contributed by atoms with Gasteiger partial charge in [0.25, 0.3) is 11.5 Å². The number of anilines is 1. The van der Waals surface area contributed by atoms with Gasteiger partial charge in [-0.3, -0.25) is 9.59 Å². The number of nitrogens with one attached hydrogen (secondary N) is 2. The van der Waals surface area contributed by atoms with Gasteiger partial charge in [0.2, 0.25) is 0 Å². The van der Waals surface area contributed by atoms with E-state index in [2.05, 4.69) is 15.3 Å². The first-order valence-corrected chi connectivity index (χ1v) is 8.15. The van der Waals surface area contributed by atoms with E-state index in [4.69, 9.17) is 0 Å². The predicted octanol–water partition coefficient (Wildman–Crippen LogP) is 3.25. The number of pyridine rings is 2. The summed E-state index contributed by atoms with van der Waals surface area (Å²) < 4.78 is 1.99. The van der Waals surface area contributed by atoms with Crippen LogP contribution in [0.4, 0.5) is 5.69 Å². The normalized spacial score (nSPS) is 10.8. The minimum absolute atomic E-state index is 0.0763. The second-order valence-corrected chi connectivity index (χ2v) is 5.99. The van der Waals surface area contributed by atoms with Crippen LogP contribution in [0.15, 0.2) is 71.9 Å². The predicted molar refractivity (Wildman–Crippen MR) is 100 cm³/mol. The number of aryl methyl sites for hydroxylation is 1. The molecule has 1 amide bonds. The van der Waals surface area contributed by atoms with Gasteiger partial charge in [0.1, 0.15) is 11.2 Å². The fourth-order valence-electron chi connectivity index (χ4n) is 2.82. The van der Waals surface area contributed by atoms with Crippen LogP contribution in [-0.4, -0.2) is 20.3 Å². The summed E-state index contributed by atoms with van der Waals surface area (Å²) in [4.78, 5) is 31.0. The number of carbonyl (C=O) groups excluding carboxylic acids is 1. The van der Waals surface area contributed by atoms with Crippen LogP contribution in [0.2, 0.25) is 0 Å². The number of nitrogens with zero attached hydrogens (tertiary/aromatic N) is 2. The molecule has 0 radical (unpaired) electrons. The fourth-order valence-corrected chi connectivity index (χ4v) is 2.82. The van der Waals surface area contributed by atoms with Gasteiger partial charge in [0.15, 0.2) is 0 Å². The maximum absolute atomic E-state index is 12.2. The minimum Gasteiger partial charge on any atom is -0.328 e. The Bertz CT molecular complexity index is 1160. The van der Waals surface area contributed by atoms with Crippen molar-refractivity contribution in [3.63, 3.8) is 0 Å². The summed E-state index contributed by atoms with van der Waals surface area (Å²) in [7, 11) is 0. The number of imidazole rings is 1. The number of benzene rings is 1. The molecule has 3 aromatic heterocycles. The lowest BCUT2D eigenvalue weighted by molar-refractivity contribution is 0.102. The number of hydrogen-bond acceptors (Lipinski definition) is 3. The van der Waals surface area contributed by atoms with Gasteiger partial charge in [0, 0.05) is 29.8 Å². The molecule has 0 aliphatic heterocycles. The summed E-state index contributed by atoms with van der Waals surface area (Å²) in [6.45, 7) is 2.02. The number of carbonyl (C=O) groups is 1. The molecule has 1 aromatic carbocycles. The van der Waals surface area contributed by atoms with Crippen molar-refractivity contribution in [2.45, 2.75) is 6.92 Å². The third-order valence-electron chi connectivity index (χ3n) is 4.18. The number of H-pyrrole nitrogens is 1. The highest BCUT2D eigenvalue weighted by molar-refractivity contribution is 6.04. The molecule has 128 valence electrons. The van der Waals surface area contributed by atoms with E-state index in [1.165, 1.54) is 12.3 Å². The summed E-state index contributed by atoms with van der Waals surface area (Å²) in [6, 6.07) is 14.5. The number of amides is 1. The van der Waals surface area contributed by atoms with Gasteiger partial charge in [-0.05, 0) is 42.8 Å². The molecule has 0 saturated heterocycles. The SMILES string of the molecule is Cc1cccn2cc(-c3ccc(NC(=O)c4ccc[nH]c4=O)cc3)nc12. The molecule has 26 heavy (non-hydrogen) atoms. The molecule has 3 heterocycles. The minimum atomic E-state index is -0.442. The number of hydrogen-bond donors (Lipinski definition) is 2. The van der Waals surface area contributed by atoms with E-state index in [1.54, 1.807) is 18.2 Å². The van der Waals surface area contributed by atoms with Gasteiger partial charge in [-0.15, -0.1) is 0 Å². The average molecular weight is 344 g/mol. The van der Waals surface area contributed by atoms with E-state index in [0.717, 1.165) is 22.5 Å². The van der Waals surface area contributed by atoms with Crippen LogP contribution >= 0.6 is 0 Å². The third-order valence-corrected chi connectivity index (χ3v) is 4.18. The zero-order valence-corrected chi connectivity index (χ0v) is 14.1. The summed E-state index contributed by atoms with van der Waals surface area (Å²) in [5.74, 6) is -0.442. The summed E-state index contributed by atoms with van der Waals surface area (Å²) >= 11 is 0. The Morgan fingerprint density at radius 3 is 2.65 bits per heavy atom. The Morgan fingerprint density at radius 2 is 1.92 bits per heavy atom. The van der Waals surface area contributed by atoms with Gasteiger partial charge in [0.05, 0.1) is 5.69 Å². The first-order chi connectivity index (χ1) is 12.6. The lowest BCUT2D eigenvalue weighted by atomic mass is 10.1. The van der Waals surface area contributed by atoms with Crippen LogP contribution in [-0.2, 0) is 0 Å². The van der Waals surface area contributed by atoms with Crippen LogP contribution in [0.3, 0.4) is 0 Å². The Hall–Kier alpha value is -3.67. The lowest BCUT2D eigenvalue weighted by Gasteiger charge is -2.05. The summed E-state index contributed by atoms with van der Waals surface area (Å²) in [5, 5.41) is 2.73. The quantitative estimate of drug-likeness (QED) is 0.599. The molecule has 4 aromatic rings. The maximum Gasteiger partial charge on any atom is 0.261 e. The highest BCUT2D eigenvalue weighted by atomic mass is 16.2. The topological polar surface area (TPSA) is 79.3 Å². The van der Waals surface area contributed by atoms with Gasteiger partial charge in [-0.2, -0.15) is 0 Å². The summed E-state index contributed by atoms with van der Waals surface area (Å²) in [5.41, 5.74) is 4.11. The molecule has 0 atom stereocenters. The second kappa shape index (κ2) is 6.33. The van der Waals surface area contributed by atoms with E-state index in [0.29, 0.717) is 5.69 Å². The smallest absolute Gasteiger partial charge is 0.261 e. The molecular weight excluding hydrogens is 328 g/mol. The van der Waals surface area contributed by atoms with Crippen molar-refractivity contribution in [1.29, 1.82) is 0 Å². The van der Waals surface area contributed by atoms with Gasteiger partial charge < -0.3 is 14.7 Å². The highest BCUT2D eigenvalue weighted by Crippen LogP contribution is 2.22. The molecule has 0 bridgehead atoms. The Morgan fingerprint density at radius 1 is 1.12 bits per heavy atom. The van der Waals surface area contributed by atoms with Gasteiger partial charge in [-0.1, -0.05) is 18.2 Å². The molecule has 2 N–H and O–H groups in total. The van der Waals surface area contributed by atoms with Crippen LogP contribution in [0.25, 0.3) is 16.9 Å². The largest absolute Gasteiger partial charge is 0.328 e. The zero-order valence-electron chi connectivity index (χ0n) is 14.1. The van der Waals surface area contributed by atoms with Crippen LogP contribution in [0, 0.1) is 6.92 Å². The number of rotatable bonds is 3. The monoisotopic (exact) mass is 344 g/mol. The first kappa shape index (κ1) is 15.8. The van der Waals surface area contributed by atoms with E-state index in [1.807, 2.05) is 48.0 Å². The van der Waals surface area contributed by atoms with Crippen molar-refractivity contribution in [1.82, 2.24) is 14.4 Å². The van der Waals surface area contributed by atoms with Crippen molar-refractivity contribution in [2.24, 2.45) is 0 Å². The van der Waals surface area contributed by atoms with Crippen molar-refractivity contribution < 1.29 is 4.79 Å². The molecule has 0 fully saturated rings. The fraction of sp³-hybridized carbons (Fsp3) is 0.0500. The summed E-state index contributed by atoms with van der Waals surface area (Å²) in [6.07, 6.45) is 5.43. The molecule has 4 rings (SSSR count). The number of fused-ring (bicyclic) bond motifs is 1. The third kappa shape index (κ3) is 2.88. The van der Waals surface area contributed by atoms with Crippen LogP contribution < -0.4 is 10.9 Å². The molecule has 0 unspecified atom stereocenters. The van der Waals surface area contributed by atoms with E-state index in [9.17, 15) is 9.59 Å². The second-order valence-electron chi connectivity index (χ2n) is 5.99. The van der Waals surface area contributed by atoms with Crippen molar-refractivity contribution in [2.75, 3.05) is 5.32 Å². The van der Waals surface area contributed by atoms with Gasteiger partial charge >= 0.3 is 0 Å². The lowest BCUT2D eigenvalue weighted by Crippen LogP contribution is -2.22. The van der Waals surface area contributed by atoms with E-state index >= 15 is 0 Å². The molecule has 0 saturated carbocycles. The number of aromatic nitrogens is 3.